The van der Waals surface area contributed by atoms with Crippen LogP contribution in [0.15, 0.2) is 53.4 Å². The van der Waals surface area contributed by atoms with Gasteiger partial charge in [-0.15, -0.1) is 11.8 Å². The van der Waals surface area contributed by atoms with E-state index < -0.39 is 22.8 Å². The number of ether oxygens (including phenoxy) is 3. The number of rotatable bonds is 7. The van der Waals surface area contributed by atoms with Crippen LogP contribution < -0.4 is 9.47 Å². The number of amides is 3. The smallest absolute Gasteiger partial charge is 0.417 e. The minimum Gasteiger partial charge on any atom is -0.497 e. The number of carbonyl (C=O) groups is 3. The van der Waals surface area contributed by atoms with Crippen LogP contribution in [0, 0.1) is 0 Å². The van der Waals surface area contributed by atoms with Crippen molar-refractivity contribution in [1.82, 2.24) is 9.80 Å². The Balaban J connectivity index is 2.18. The Bertz CT molecular complexity index is 1010. The first kappa shape index (κ1) is 24.4. The molecule has 0 bridgehead atoms. The quantitative estimate of drug-likeness (QED) is 0.607. The van der Waals surface area contributed by atoms with Gasteiger partial charge in [0.2, 0.25) is 11.8 Å². The standard InChI is InChI=1S/C24H28N2O6S/c1-6-32-23(29)26-20(27)15-24(22(28)25(2)3,33-19-13-11-18(31-5)12-14-19)21(26)16-7-9-17(30-4)10-8-16/h7-14,21H,6,15H2,1-5H3/t21-,24-/m1/s1. The minimum atomic E-state index is -1.30. The Hall–Kier alpha value is -3.20. The van der Waals surface area contributed by atoms with Crippen LogP contribution in [-0.2, 0) is 14.3 Å². The van der Waals surface area contributed by atoms with Gasteiger partial charge >= 0.3 is 6.09 Å². The number of methoxy groups -OCH3 is 2. The van der Waals surface area contributed by atoms with Gasteiger partial charge in [-0.25, -0.2) is 9.69 Å². The summed E-state index contributed by atoms with van der Waals surface area (Å²) in [4.78, 5) is 43.1. The highest BCUT2D eigenvalue weighted by molar-refractivity contribution is 8.01. The average Bonchev–Trinajstić information content (AvgIpc) is 3.11. The molecule has 3 amide bonds. The molecule has 3 rings (SSSR count). The van der Waals surface area contributed by atoms with Crippen molar-refractivity contribution in [2.45, 2.75) is 29.0 Å². The van der Waals surface area contributed by atoms with Gasteiger partial charge in [0.15, 0.2) is 0 Å². The summed E-state index contributed by atoms with van der Waals surface area (Å²) in [6.45, 7) is 1.78. The SMILES string of the molecule is CCOC(=O)N1C(=O)C[C@](Sc2ccc(OC)cc2)(C(=O)N(C)C)[C@H]1c1ccc(OC)cc1. The molecule has 1 fully saturated rings. The van der Waals surface area contributed by atoms with Crippen LogP contribution in [0.5, 0.6) is 11.5 Å². The molecule has 33 heavy (non-hydrogen) atoms. The third-order valence-corrected chi connectivity index (χ3v) is 6.82. The van der Waals surface area contributed by atoms with Crippen molar-refractivity contribution in [2.24, 2.45) is 0 Å². The lowest BCUT2D eigenvalue weighted by molar-refractivity contribution is -0.132. The van der Waals surface area contributed by atoms with E-state index in [9.17, 15) is 14.4 Å². The van der Waals surface area contributed by atoms with Crippen LogP contribution >= 0.6 is 11.8 Å². The van der Waals surface area contributed by atoms with E-state index in [1.54, 1.807) is 71.6 Å². The maximum atomic E-state index is 13.7. The van der Waals surface area contributed by atoms with E-state index in [0.717, 1.165) is 9.80 Å². The average molecular weight is 473 g/mol. The molecule has 0 aliphatic carbocycles. The van der Waals surface area contributed by atoms with Crippen LogP contribution in [-0.4, -0.2) is 67.4 Å². The van der Waals surface area contributed by atoms with Crippen LogP contribution in [0.4, 0.5) is 4.79 Å². The lowest BCUT2D eigenvalue weighted by atomic mass is 9.91. The zero-order valence-electron chi connectivity index (χ0n) is 19.4. The van der Waals surface area contributed by atoms with Gasteiger partial charge in [-0.3, -0.25) is 9.59 Å². The second kappa shape index (κ2) is 10.2. The van der Waals surface area contributed by atoms with Gasteiger partial charge in [0, 0.05) is 19.0 Å². The van der Waals surface area contributed by atoms with Crippen molar-refractivity contribution in [3.05, 3.63) is 54.1 Å². The zero-order chi connectivity index (χ0) is 24.2. The van der Waals surface area contributed by atoms with Gasteiger partial charge in [0.05, 0.1) is 33.3 Å². The van der Waals surface area contributed by atoms with Crippen molar-refractivity contribution in [3.63, 3.8) is 0 Å². The maximum absolute atomic E-state index is 13.7. The number of hydrogen-bond donors (Lipinski definition) is 0. The first-order chi connectivity index (χ1) is 15.8. The van der Waals surface area contributed by atoms with Crippen molar-refractivity contribution < 1.29 is 28.6 Å². The van der Waals surface area contributed by atoms with Gasteiger partial charge in [0.25, 0.3) is 0 Å². The molecule has 0 radical (unpaired) electrons. The summed E-state index contributed by atoms with van der Waals surface area (Å²) >= 11 is 1.26. The van der Waals surface area contributed by atoms with Gasteiger partial charge in [0.1, 0.15) is 16.2 Å². The Kier molecular flexibility index (Phi) is 7.53. The Labute approximate surface area is 197 Å². The fraction of sp³-hybridized carbons (Fsp3) is 0.375. The molecule has 0 N–H and O–H groups in total. The molecule has 1 aliphatic heterocycles. The fourth-order valence-electron chi connectivity index (χ4n) is 3.92. The van der Waals surface area contributed by atoms with E-state index >= 15 is 0 Å². The summed E-state index contributed by atoms with van der Waals surface area (Å²) in [5.74, 6) is 0.558. The van der Waals surface area contributed by atoms with Crippen molar-refractivity contribution >= 4 is 29.7 Å². The molecule has 2 atom stereocenters. The zero-order valence-corrected chi connectivity index (χ0v) is 20.2. The molecule has 1 aliphatic rings. The molecule has 1 saturated heterocycles. The minimum absolute atomic E-state index is 0.109. The van der Waals surface area contributed by atoms with E-state index in [1.165, 1.54) is 16.7 Å². The lowest BCUT2D eigenvalue weighted by Crippen LogP contribution is -2.48. The number of nitrogens with zero attached hydrogens (tertiary/aromatic N) is 2. The molecule has 2 aromatic carbocycles. The second-order valence-electron chi connectivity index (χ2n) is 7.68. The van der Waals surface area contributed by atoms with E-state index in [-0.39, 0.29) is 18.9 Å². The monoisotopic (exact) mass is 472 g/mol. The number of thioether (sulfide) groups is 1. The number of imide groups is 1. The maximum Gasteiger partial charge on any atom is 0.417 e. The Morgan fingerprint density at radius 3 is 2.06 bits per heavy atom. The Morgan fingerprint density at radius 1 is 1.03 bits per heavy atom. The molecule has 0 unspecified atom stereocenters. The van der Waals surface area contributed by atoms with E-state index in [4.69, 9.17) is 14.2 Å². The normalized spacial score (nSPS) is 19.8. The molecule has 8 nitrogen and oxygen atoms in total. The van der Waals surface area contributed by atoms with Crippen LogP contribution in [0.2, 0.25) is 0 Å². The third-order valence-electron chi connectivity index (χ3n) is 5.41. The molecule has 176 valence electrons. The highest BCUT2D eigenvalue weighted by atomic mass is 32.2. The number of hydrogen-bond acceptors (Lipinski definition) is 7. The van der Waals surface area contributed by atoms with E-state index in [0.29, 0.717) is 17.1 Å². The molecular formula is C24H28N2O6S. The summed E-state index contributed by atoms with van der Waals surface area (Å²) < 4.78 is 14.4. The van der Waals surface area contributed by atoms with E-state index in [2.05, 4.69) is 0 Å². The highest BCUT2D eigenvalue weighted by Crippen LogP contribution is 2.53. The third kappa shape index (κ3) is 4.78. The molecular weight excluding hydrogens is 444 g/mol. The van der Waals surface area contributed by atoms with Crippen molar-refractivity contribution in [1.29, 1.82) is 0 Å². The van der Waals surface area contributed by atoms with Gasteiger partial charge < -0.3 is 19.1 Å². The first-order valence-electron chi connectivity index (χ1n) is 10.4. The Morgan fingerprint density at radius 2 is 1.58 bits per heavy atom. The molecule has 0 saturated carbocycles. The second-order valence-corrected chi connectivity index (χ2v) is 9.09. The van der Waals surface area contributed by atoms with Crippen LogP contribution in [0.1, 0.15) is 24.9 Å². The number of carbonyl (C=O) groups excluding carboxylic acids is 3. The highest BCUT2D eigenvalue weighted by Gasteiger charge is 2.60. The van der Waals surface area contributed by atoms with Crippen molar-refractivity contribution in [3.8, 4) is 11.5 Å². The summed E-state index contributed by atoms with van der Waals surface area (Å²) in [5.41, 5.74) is 0.630. The van der Waals surface area contributed by atoms with Crippen LogP contribution in [0.3, 0.4) is 0 Å². The predicted octanol–water partition coefficient (Wildman–Crippen LogP) is 3.75. The van der Waals surface area contributed by atoms with Crippen molar-refractivity contribution in [2.75, 3.05) is 34.9 Å². The van der Waals surface area contributed by atoms with Gasteiger partial charge in [-0.05, 0) is 48.9 Å². The summed E-state index contributed by atoms with van der Waals surface area (Å²) in [7, 11) is 6.41. The largest absolute Gasteiger partial charge is 0.497 e. The number of likely N-dealkylation sites (tertiary alicyclic amines) is 1. The predicted molar refractivity (Wildman–Crippen MR) is 124 cm³/mol. The molecule has 1 heterocycles. The van der Waals surface area contributed by atoms with Gasteiger partial charge in [-0.2, -0.15) is 0 Å². The fourth-order valence-corrected chi connectivity index (χ4v) is 5.44. The summed E-state index contributed by atoms with van der Waals surface area (Å²) in [6, 6.07) is 13.4. The molecule has 0 spiro atoms. The summed E-state index contributed by atoms with van der Waals surface area (Å²) in [6.07, 6.45) is -0.928. The molecule has 9 heteroatoms. The van der Waals surface area contributed by atoms with Crippen LogP contribution in [0.25, 0.3) is 0 Å². The first-order valence-corrected chi connectivity index (χ1v) is 11.3. The van der Waals surface area contributed by atoms with E-state index in [1.807, 2.05) is 12.1 Å². The number of benzene rings is 2. The topological polar surface area (TPSA) is 85.4 Å². The molecule has 2 aromatic rings. The van der Waals surface area contributed by atoms with Gasteiger partial charge in [-0.1, -0.05) is 12.1 Å². The lowest BCUT2D eigenvalue weighted by Gasteiger charge is -2.37. The summed E-state index contributed by atoms with van der Waals surface area (Å²) in [5, 5.41) is 0. The molecule has 0 aromatic heterocycles.